The Morgan fingerprint density at radius 2 is 2.24 bits per heavy atom. The quantitative estimate of drug-likeness (QED) is 0.711. The topological polar surface area (TPSA) is 76.2 Å². The Labute approximate surface area is 118 Å². The summed E-state index contributed by atoms with van der Waals surface area (Å²) in [5.74, 6) is -0.968. The van der Waals surface area contributed by atoms with Gasteiger partial charge in [0.05, 0.1) is 6.54 Å². The molecule has 0 radical (unpaired) electrons. The standard InChI is InChI=1S/C9H6NS.C2H5NO2.Pt/c1-2-6-10-8(4-1)9-5-3-7-11-9;3-1-2(4)5;/h1-4,6-7H;1,3H2,(H,4,5);/q-1;;. The zero-order chi connectivity index (χ0) is 11.8. The van der Waals surface area contributed by atoms with E-state index >= 15 is 0 Å². The first-order valence-corrected chi connectivity index (χ1v) is 5.40. The zero-order valence-corrected chi connectivity index (χ0v) is 11.9. The maximum Gasteiger partial charge on any atom is 0.317 e. The van der Waals surface area contributed by atoms with Crippen molar-refractivity contribution in [2.45, 2.75) is 0 Å². The summed E-state index contributed by atoms with van der Waals surface area (Å²) in [7, 11) is 0. The molecule has 0 fully saturated rings. The van der Waals surface area contributed by atoms with Crippen LogP contribution < -0.4 is 5.73 Å². The molecule has 3 N–H and O–H groups in total. The van der Waals surface area contributed by atoms with Crippen molar-refractivity contribution in [3.05, 3.63) is 41.9 Å². The molecule has 2 aromatic rings. The van der Waals surface area contributed by atoms with Gasteiger partial charge < -0.3 is 15.8 Å². The summed E-state index contributed by atoms with van der Waals surface area (Å²) in [4.78, 5) is 14.5. The molecule has 0 aliphatic heterocycles. The summed E-state index contributed by atoms with van der Waals surface area (Å²) in [5.41, 5.74) is 5.57. The van der Waals surface area contributed by atoms with E-state index < -0.39 is 5.97 Å². The van der Waals surface area contributed by atoms with Gasteiger partial charge >= 0.3 is 5.97 Å². The van der Waals surface area contributed by atoms with Crippen LogP contribution in [0.25, 0.3) is 10.6 Å². The van der Waals surface area contributed by atoms with Crippen molar-refractivity contribution in [2.75, 3.05) is 6.54 Å². The maximum atomic E-state index is 9.24. The Bertz CT molecular complexity index is 420. The average Bonchev–Trinajstić information content (AvgIpc) is 2.84. The van der Waals surface area contributed by atoms with E-state index in [2.05, 4.69) is 16.8 Å². The molecule has 6 heteroatoms. The Balaban J connectivity index is 0.000000373. The third-order valence-corrected chi connectivity index (χ3v) is 2.38. The van der Waals surface area contributed by atoms with Crippen molar-refractivity contribution in [2.24, 2.45) is 5.73 Å². The molecule has 0 unspecified atom stereocenters. The van der Waals surface area contributed by atoms with E-state index in [0.717, 1.165) is 10.6 Å². The first-order valence-electron chi connectivity index (χ1n) is 4.52. The largest absolute Gasteiger partial charge is 0.480 e. The van der Waals surface area contributed by atoms with Gasteiger partial charge in [-0.3, -0.25) is 4.79 Å². The summed E-state index contributed by atoms with van der Waals surface area (Å²) in [6.07, 6.45) is 1.79. The maximum absolute atomic E-state index is 9.24. The molecule has 17 heavy (non-hydrogen) atoms. The number of nitrogens with zero attached hydrogens (tertiary/aromatic N) is 1. The predicted octanol–water partition coefficient (Wildman–Crippen LogP) is 1.64. The minimum Gasteiger partial charge on any atom is -0.480 e. The van der Waals surface area contributed by atoms with Gasteiger partial charge in [-0.05, 0) is 11.8 Å². The number of hydrogen-bond donors (Lipinski definition) is 2. The number of carboxylic acids is 1. The van der Waals surface area contributed by atoms with Crippen LogP contribution in [-0.4, -0.2) is 22.6 Å². The van der Waals surface area contributed by atoms with E-state index in [1.54, 1.807) is 17.5 Å². The minimum absolute atomic E-state index is 0. The van der Waals surface area contributed by atoms with Gasteiger partial charge in [-0.25, -0.2) is 11.3 Å². The van der Waals surface area contributed by atoms with Gasteiger partial charge in [-0.2, -0.15) is 12.1 Å². The van der Waals surface area contributed by atoms with Crippen LogP contribution in [0.5, 0.6) is 0 Å². The van der Waals surface area contributed by atoms with Gasteiger partial charge in [0, 0.05) is 27.3 Å². The number of rotatable bonds is 2. The van der Waals surface area contributed by atoms with Gasteiger partial charge in [0.2, 0.25) is 0 Å². The van der Waals surface area contributed by atoms with Crippen LogP contribution in [-0.2, 0) is 25.9 Å². The smallest absolute Gasteiger partial charge is 0.317 e. The molecule has 0 aromatic carbocycles. The van der Waals surface area contributed by atoms with Crippen molar-refractivity contribution in [3.8, 4) is 10.6 Å². The number of aliphatic carboxylic acids is 1. The van der Waals surface area contributed by atoms with Gasteiger partial charge in [0.1, 0.15) is 0 Å². The molecule has 4 nitrogen and oxygen atoms in total. The number of thiophene rings is 1. The number of carbonyl (C=O) groups is 1. The molecule has 2 heterocycles. The zero-order valence-electron chi connectivity index (χ0n) is 8.78. The molecule has 2 aromatic heterocycles. The van der Waals surface area contributed by atoms with E-state index in [1.165, 1.54) is 0 Å². The van der Waals surface area contributed by atoms with E-state index in [9.17, 15) is 4.79 Å². The van der Waals surface area contributed by atoms with Crippen molar-refractivity contribution in [1.82, 2.24) is 4.98 Å². The number of aromatic nitrogens is 1. The van der Waals surface area contributed by atoms with E-state index in [1.807, 2.05) is 29.6 Å². The molecule has 0 aliphatic rings. The molecule has 0 bridgehead atoms. The second-order valence-corrected chi connectivity index (χ2v) is 3.62. The van der Waals surface area contributed by atoms with Crippen molar-refractivity contribution >= 4 is 17.3 Å². The fourth-order valence-corrected chi connectivity index (χ4v) is 1.53. The van der Waals surface area contributed by atoms with Crippen LogP contribution in [0.1, 0.15) is 0 Å². The van der Waals surface area contributed by atoms with Crippen molar-refractivity contribution in [1.29, 1.82) is 0 Å². The Hall–Kier alpha value is -1.03. The third kappa shape index (κ3) is 6.31. The second-order valence-electron chi connectivity index (χ2n) is 2.71. The molecule has 0 saturated heterocycles. The SMILES string of the molecule is NCC(=O)O.[Pt].[c-]1ccsc1-c1ccccn1. The molecule has 0 amide bonds. The monoisotopic (exact) mass is 430 g/mol. The summed E-state index contributed by atoms with van der Waals surface area (Å²) in [6.45, 7) is -0.278. The van der Waals surface area contributed by atoms with Crippen molar-refractivity contribution in [3.63, 3.8) is 0 Å². The molecular weight excluding hydrogens is 419 g/mol. The second kappa shape index (κ2) is 9.05. The van der Waals surface area contributed by atoms with E-state index in [0.29, 0.717) is 0 Å². The first kappa shape index (κ1) is 16.0. The fourth-order valence-electron chi connectivity index (χ4n) is 0.877. The summed E-state index contributed by atoms with van der Waals surface area (Å²) >= 11 is 1.66. The van der Waals surface area contributed by atoms with Gasteiger partial charge in [-0.15, -0.1) is 5.38 Å². The molecule has 0 spiro atoms. The summed E-state index contributed by atoms with van der Waals surface area (Å²) in [5, 5.41) is 9.60. The summed E-state index contributed by atoms with van der Waals surface area (Å²) < 4.78 is 0. The minimum atomic E-state index is -0.968. The van der Waals surface area contributed by atoms with Crippen LogP contribution in [0.3, 0.4) is 0 Å². The van der Waals surface area contributed by atoms with Gasteiger partial charge in [0.25, 0.3) is 0 Å². The molecule has 0 atom stereocenters. The Morgan fingerprint density at radius 1 is 1.53 bits per heavy atom. The number of nitrogens with two attached hydrogens (primary N) is 1. The number of pyridine rings is 1. The van der Waals surface area contributed by atoms with Crippen LogP contribution in [0.15, 0.2) is 35.8 Å². The van der Waals surface area contributed by atoms with Crippen LogP contribution in [0.4, 0.5) is 0 Å². The van der Waals surface area contributed by atoms with E-state index in [4.69, 9.17) is 5.11 Å². The Kier molecular flexibility index (Phi) is 8.50. The average molecular weight is 430 g/mol. The fraction of sp³-hybridized carbons (Fsp3) is 0.0909. The normalized spacial score (nSPS) is 8.53. The van der Waals surface area contributed by atoms with Crippen LogP contribution in [0.2, 0.25) is 0 Å². The summed E-state index contributed by atoms with van der Waals surface area (Å²) in [6, 6.07) is 10.9. The van der Waals surface area contributed by atoms with E-state index in [-0.39, 0.29) is 27.6 Å². The Morgan fingerprint density at radius 3 is 2.65 bits per heavy atom. The molecule has 0 saturated carbocycles. The van der Waals surface area contributed by atoms with Gasteiger partial charge in [0.15, 0.2) is 0 Å². The number of hydrogen-bond acceptors (Lipinski definition) is 4. The molecule has 0 aliphatic carbocycles. The predicted molar refractivity (Wildman–Crippen MR) is 63.1 cm³/mol. The molecular formula is C11H11N2O2PtS-. The molecule has 94 valence electrons. The third-order valence-electron chi connectivity index (χ3n) is 1.54. The van der Waals surface area contributed by atoms with Crippen LogP contribution in [0, 0.1) is 6.07 Å². The van der Waals surface area contributed by atoms with Crippen LogP contribution >= 0.6 is 11.3 Å². The molecule has 2 rings (SSSR count). The first-order chi connectivity index (χ1) is 7.74. The number of carboxylic acid groups (broad SMARTS) is 1. The van der Waals surface area contributed by atoms with Crippen molar-refractivity contribution < 1.29 is 31.0 Å². The van der Waals surface area contributed by atoms with Gasteiger partial charge in [-0.1, -0.05) is 17.0 Å².